The van der Waals surface area contributed by atoms with Crippen LogP contribution in [0.25, 0.3) is 10.9 Å². The van der Waals surface area contributed by atoms with Crippen molar-refractivity contribution in [3.05, 3.63) is 53.7 Å². The molecule has 0 atom stereocenters. The number of methoxy groups -OCH3 is 2. The Balaban J connectivity index is 2.03. The first-order valence-electron chi connectivity index (χ1n) is 6.74. The quantitative estimate of drug-likeness (QED) is 0.761. The summed E-state index contributed by atoms with van der Waals surface area (Å²) in [6.07, 6.45) is 1.75. The maximum atomic E-state index is 6.02. The van der Waals surface area contributed by atoms with Crippen LogP contribution in [-0.2, 0) is 0 Å². The third-order valence-electron chi connectivity index (χ3n) is 3.34. The minimum Gasteiger partial charge on any atom is -0.497 e. The van der Waals surface area contributed by atoms with Crippen molar-refractivity contribution in [1.82, 2.24) is 4.98 Å². The normalized spacial score (nSPS) is 10.5. The number of benzene rings is 2. The van der Waals surface area contributed by atoms with E-state index in [0.29, 0.717) is 5.02 Å². The zero-order chi connectivity index (χ0) is 15.5. The fourth-order valence-electron chi connectivity index (χ4n) is 2.27. The molecule has 0 saturated carbocycles. The minimum atomic E-state index is 0.667. The summed E-state index contributed by atoms with van der Waals surface area (Å²) in [5.74, 6) is 1.45. The van der Waals surface area contributed by atoms with Gasteiger partial charge < -0.3 is 14.8 Å². The van der Waals surface area contributed by atoms with Crippen molar-refractivity contribution in [2.75, 3.05) is 19.5 Å². The molecule has 5 heteroatoms. The van der Waals surface area contributed by atoms with Gasteiger partial charge in [0.15, 0.2) is 0 Å². The summed E-state index contributed by atoms with van der Waals surface area (Å²) in [6, 6.07) is 13.2. The summed E-state index contributed by atoms with van der Waals surface area (Å²) in [4.78, 5) is 4.34. The number of nitrogens with zero attached hydrogens (tertiary/aromatic N) is 1. The molecule has 0 unspecified atom stereocenters. The molecule has 2 aromatic carbocycles. The van der Waals surface area contributed by atoms with Gasteiger partial charge in [-0.2, -0.15) is 0 Å². The average Bonchev–Trinajstić information content (AvgIpc) is 2.54. The van der Waals surface area contributed by atoms with Gasteiger partial charge in [-0.05, 0) is 24.3 Å². The van der Waals surface area contributed by atoms with Gasteiger partial charge in [-0.15, -0.1) is 0 Å². The number of halogens is 1. The number of hydrogen-bond donors (Lipinski definition) is 1. The highest BCUT2D eigenvalue weighted by molar-refractivity contribution is 6.31. The largest absolute Gasteiger partial charge is 0.497 e. The van der Waals surface area contributed by atoms with Crippen LogP contribution in [0.2, 0.25) is 5.02 Å². The maximum absolute atomic E-state index is 6.02. The molecule has 3 rings (SSSR count). The van der Waals surface area contributed by atoms with Crippen molar-refractivity contribution in [1.29, 1.82) is 0 Å². The van der Waals surface area contributed by atoms with Crippen LogP contribution in [0.4, 0.5) is 11.4 Å². The SMILES string of the molecule is COc1cc(Nc2ccnc3cc(Cl)ccc23)cc(OC)c1. The lowest BCUT2D eigenvalue weighted by Crippen LogP contribution is -1.95. The summed E-state index contributed by atoms with van der Waals surface area (Å²) < 4.78 is 10.6. The zero-order valence-corrected chi connectivity index (χ0v) is 13.0. The van der Waals surface area contributed by atoms with Gasteiger partial charge in [-0.3, -0.25) is 4.98 Å². The Hall–Kier alpha value is -2.46. The van der Waals surface area contributed by atoms with Gasteiger partial charge in [0.05, 0.1) is 19.7 Å². The lowest BCUT2D eigenvalue weighted by Gasteiger charge is -2.12. The third-order valence-corrected chi connectivity index (χ3v) is 3.57. The van der Waals surface area contributed by atoms with Crippen LogP contribution in [0.1, 0.15) is 0 Å². The summed E-state index contributed by atoms with van der Waals surface area (Å²) in [5.41, 5.74) is 2.66. The molecule has 0 saturated heterocycles. The lowest BCUT2D eigenvalue weighted by molar-refractivity contribution is 0.395. The van der Waals surface area contributed by atoms with E-state index in [-0.39, 0.29) is 0 Å². The second-order valence-corrected chi connectivity index (χ2v) is 5.18. The number of nitrogens with one attached hydrogen (secondary N) is 1. The van der Waals surface area contributed by atoms with E-state index in [1.165, 1.54) is 0 Å². The number of anilines is 2. The van der Waals surface area contributed by atoms with E-state index in [0.717, 1.165) is 33.8 Å². The molecule has 0 bridgehead atoms. The second-order valence-electron chi connectivity index (χ2n) is 4.75. The fourth-order valence-corrected chi connectivity index (χ4v) is 2.43. The number of rotatable bonds is 4. The smallest absolute Gasteiger partial charge is 0.124 e. The first-order valence-corrected chi connectivity index (χ1v) is 7.12. The van der Waals surface area contributed by atoms with Crippen molar-refractivity contribution in [3.8, 4) is 11.5 Å². The Morgan fingerprint density at radius 1 is 0.955 bits per heavy atom. The van der Waals surface area contributed by atoms with Crippen LogP contribution >= 0.6 is 11.6 Å². The Labute approximate surface area is 133 Å². The van der Waals surface area contributed by atoms with Gasteiger partial charge >= 0.3 is 0 Å². The molecule has 0 amide bonds. The number of aromatic nitrogens is 1. The number of hydrogen-bond acceptors (Lipinski definition) is 4. The summed E-state index contributed by atoms with van der Waals surface area (Å²) in [5, 5.41) is 5.03. The van der Waals surface area contributed by atoms with E-state index < -0.39 is 0 Å². The van der Waals surface area contributed by atoms with Crippen molar-refractivity contribution in [2.45, 2.75) is 0 Å². The highest BCUT2D eigenvalue weighted by Gasteiger charge is 2.06. The van der Waals surface area contributed by atoms with Gasteiger partial charge in [0, 0.05) is 46.2 Å². The molecular formula is C17H15ClN2O2. The third kappa shape index (κ3) is 2.92. The molecule has 0 aliphatic carbocycles. The Morgan fingerprint density at radius 2 is 1.68 bits per heavy atom. The average molecular weight is 315 g/mol. The molecule has 0 fully saturated rings. The summed E-state index contributed by atoms with van der Waals surface area (Å²) in [6.45, 7) is 0. The minimum absolute atomic E-state index is 0.667. The van der Waals surface area contributed by atoms with E-state index in [4.69, 9.17) is 21.1 Å². The van der Waals surface area contributed by atoms with Crippen LogP contribution in [-0.4, -0.2) is 19.2 Å². The zero-order valence-electron chi connectivity index (χ0n) is 12.3. The first-order chi connectivity index (χ1) is 10.7. The fraction of sp³-hybridized carbons (Fsp3) is 0.118. The van der Waals surface area contributed by atoms with E-state index in [2.05, 4.69) is 10.3 Å². The molecular weight excluding hydrogens is 300 g/mol. The van der Waals surface area contributed by atoms with Crippen LogP contribution in [0.15, 0.2) is 48.7 Å². The molecule has 0 spiro atoms. The standard InChI is InChI=1S/C17H15ClN2O2/c1-21-13-8-12(9-14(10-13)22-2)20-16-5-6-19-17-7-11(18)3-4-15(16)17/h3-10H,1-2H3,(H,19,20). The van der Waals surface area contributed by atoms with Gasteiger partial charge in [0.25, 0.3) is 0 Å². The van der Waals surface area contributed by atoms with Gasteiger partial charge in [-0.1, -0.05) is 11.6 Å². The summed E-state index contributed by atoms with van der Waals surface area (Å²) in [7, 11) is 3.25. The predicted molar refractivity (Wildman–Crippen MR) is 89.6 cm³/mol. The molecule has 1 heterocycles. The van der Waals surface area contributed by atoms with Gasteiger partial charge in [-0.25, -0.2) is 0 Å². The van der Waals surface area contributed by atoms with Crippen LogP contribution in [0.5, 0.6) is 11.5 Å². The Morgan fingerprint density at radius 3 is 2.36 bits per heavy atom. The molecule has 1 aromatic heterocycles. The van der Waals surface area contributed by atoms with Crippen molar-refractivity contribution in [3.63, 3.8) is 0 Å². The Kier molecular flexibility index (Phi) is 4.02. The Bertz CT molecular complexity index is 799. The van der Waals surface area contributed by atoms with Crippen molar-refractivity contribution in [2.24, 2.45) is 0 Å². The molecule has 22 heavy (non-hydrogen) atoms. The van der Waals surface area contributed by atoms with Gasteiger partial charge in [0.2, 0.25) is 0 Å². The summed E-state index contributed by atoms with van der Waals surface area (Å²) >= 11 is 6.02. The van der Waals surface area contributed by atoms with Crippen LogP contribution < -0.4 is 14.8 Å². The van der Waals surface area contributed by atoms with Crippen LogP contribution in [0, 0.1) is 0 Å². The van der Waals surface area contributed by atoms with Crippen molar-refractivity contribution >= 4 is 33.9 Å². The van der Waals surface area contributed by atoms with E-state index in [1.54, 1.807) is 20.4 Å². The molecule has 0 aliphatic heterocycles. The van der Waals surface area contributed by atoms with E-state index >= 15 is 0 Å². The first kappa shape index (κ1) is 14.5. The van der Waals surface area contributed by atoms with E-state index in [1.807, 2.05) is 42.5 Å². The molecule has 4 nitrogen and oxygen atoms in total. The molecule has 112 valence electrons. The molecule has 0 radical (unpaired) electrons. The lowest BCUT2D eigenvalue weighted by atomic mass is 10.1. The van der Waals surface area contributed by atoms with Crippen molar-refractivity contribution < 1.29 is 9.47 Å². The second kappa shape index (κ2) is 6.12. The maximum Gasteiger partial charge on any atom is 0.124 e. The highest BCUT2D eigenvalue weighted by Crippen LogP contribution is 2.31. The molecule has 0 aliphatic rings. The van der Waals surface area contributed by atoms with Crippen LogP contribution in [0.3, 0.4) is 0 Å². The molecule has 3 aromatic rings. The number of fused-ring (bicyclic) bond motifs is 1. The highest BCUT2D eigenvalue weighted by atomic mass is 35.5. The van der Waals surface area contributed by atoms with E-state index in [9.17, 15) is 0 Å². The monoisotopic (exact) mass is 314 g/mol. The number of pyridine rings is 1. The predicted octanol–water partition coefficient (Wildman–Crippen LogP) is 4.65. The molecule has 1 N–H and O–H groups in total. The topological polar surface area (TPSA) is 43.4 Å². The van der Waals surface area contributed by atoms with Gasteiger partial charge in [0.1, 0.15) is 11.5 Å². The number of ether oxygens (including phenoxy) is 2.